The largest absolute Gasteiger partial charge is 0.369 e. The molecule has 0 aromatic carbocycles. The third-order valence-electron chi connectivity index (χ3n) is 5.99. The van der Waals surface area contributed by atoms with Crippen LogP contribution in [-0.4, -0.2) is 49.3 Å². The van der Waals surface area contributed by atoms with Gasteiger partial charge in [-0.3, -0.25) is 9.82 Å². The molecule has 1 fully saturated rings. The Bertz CT molecular complexity index is 851. The molecule has 1 heterocycles. The van der Waals surface area contributed by atoms with Crippen LogP contribution in [0.5, 0.6) is 0 Å². The zero-order valence-electron chi connectivity index (χ0n) is 19.7. The van der Waals surface area contributed by atoms with Crippen molar-refractivity contribution in [3.63, 3.8) is 0 Å². The molecule has 0 radical (unpaired) electrons. The molecule has 10 heteroatoms. The molecule has 0 amide bonds. The van der Waals surface area contributed by atoms with E-state index in [0.29, 0.717) is 25.6 Å². The lowest BCUT2D eigenvalue weighted by Crippen LogP contribution is -2.38. The summed E-state index contributed by atoms with van der Waals surface area (Å²) in [6.07, 6.45) is 15.5. The summed E-state index contributed by atoms with van der Waals surface area (Å²) in [5.41, 5.74) is 6.79. The van der Waals surface area contributed by atoms with Gasteiger partial charge in [0.2, 0.25) is 22.2 Å². The fourth-order valence-electron chi connectivity index (χ4n) is 4.02. The molecule has 1 aromatic rings. The second kappa shape index (κ2) is 14.8. The molecule has 0 aliphatic heterocycles. The van der Waals surface area contributed by atoms with E-state index < -0.39 is 10.0 Å². The molecular formula is C23H38N6O3S. The summed E-state index contributed by atoms with van der Waals surface area (Å²) in [6, 6.07) is 3.66. The van der Waals surface area contributed by atoms with E-state index in [1.165, 1.54) is 23.7 Å². The summed E-state index contributed by atoms with van der Waals surface area (Å²) in [5, 5.41) is 8.82. The molecular weight excluding hydrogens is 440 g/mol. The summed E-state index contributed by atoms with van der Waals surface area (Å²) in [5.74, 6) is 0.682. The average molecular weight is 479 g/mol. The normalized spacial score (nSPS) is 15.5. The van der Waals surface area contributed by atoms with Crippen LogP contribution in [0.4, 0.5) is 5.69 Å². The quantitative estimate of drug-likeness (QED) is 0.142. The maximum atomic E-state index is 12.4. The molecule has 2 N–H and O–H groups in total. The molecule has 2 rings (SSSR count). The Kier molecular flexibility index (Phi) is 12.1. The van der Waals surface area contributed by atoms with Gasteiger partial charge in [-0.25, -0.2) is 8.42 Å². The third-order valence-corrected chi connectivity index (χ3v) is 7.63. The maximum absolute atomic E-state index is 12.4. The van der Waals surface area contributed by atoms with Crippen LogP contribution in [0.1, 0.15) is 71.1 Å². The number of nitrogens with zero attached hydrogens (tertiary/aromatic N) is 5. The maximum Gasteiger partial charge on any atom is 0.235 e. The first-order valence-electron chi connectivity index (χ1n) is 12.0. The molecule has 0 unspecified atom stereocenters. The van der Waals surface area contributed by atoms with Gasteiger partial charge < -0.3 is 10.6 Å². The first-order valence-corrected chi connectivity index (χ1v) is 13.6. The summed E-state index contributed by atoms with van der Waals surface area (Å²) >= 11 is 0. The lowest BCUT2D eigenvalue weighted by Gasteiger charge is -2.26. The average Bonchev–Trinajstić information content (AvgIpc) is 2.83. The van der Waals surface area contributed by atoms with E-state index in [-0.39, 0.29) is 11.7 Å². The number of nitriles is 1. The minimum Gasteiger partial charge on any atom is -0.369 e. The third kappa shape index (κ3) is 9.66. The van der Waals surface area contributed by atoms with Crippen LogP contribution in [0.25, 0.3) is 0 Å². The van der Waals surface area contributed by atoms with E-state index in [9.17, 15) is 8.42 Å². The minimum atomic E-state index is -3.37. The number of nitrogens with two attached hydrogens (primary N) is 1. The Labute approximate surface area is 198 Å². The number of unbranched alkanes of at least 4 members (excludes halogenated alkanes) is 4. The van der Waals surface area contributed by atoms with Crippen LogP contribution < -0.4 is 10.6 Å². The zero-order chi connectivity index (χ0) is 23.9. The number of sulfonamides is 1. The van der Waals surface area contributed by atoms with Crippen molar-refractivity contribution in [2.75, 3.05) is 30.3 Å². The predicted octanol–water partition coefficient (Wildman–Crippen LogP) is 3.80. The first kappa shape index (κ1) is 27.0. The molecule has 184 valence electrons. The standard InChI is InChI=1S/C23H38N6O3S/c1-2-33(30,31)29(32-19-21-11-7-6-8-12-21)18-10-5-3-4-9-17-28(23(25)27-20-24)22-13-15-26-16-14-22/h13-16,21H,2-12,17-19H2,1H3,(H2,25,27). The van der Waals surface area contributed by atoms with Gasteiger partial charge in [0.05, 0.1) is 12.4 Å². The fraction of sp³-hybridized carbons (Fsp3) is 0.696. The molecule has 1 aliphatic rings. The van der Waals surface area contributed by atoms with Crippen LogP contribution in [0.2, 0.25) is 0 Å². The Morgan fingerprint density at radius 3 is 2.42 bits per heavy atom. The van der Waals surface area contributed by atoms with E-state index in [0.717, 1.165) is 50.6 Å². The molecule has 0 atom stereocenters. The van der Waals surface area contributed by atoms with E-state index >= 15 is 0 Å². The SMILES string of the molecule is CCS(=O)(=O)N(CCCCCCCN(C(N)=NC#N)c1ccncc1)OCC1CCCCC1. The lowest BCUT2D eigenvalue weighted by molar-refractivity contribution is -0.103. The summed E-state index contributed by atoms with van der Waals surface area (Å²) < 4.78 is 26.0. The summed E-state index contributed by atoms with van der Waals surface area (Å²) in [4.78, 5) is 15.3. The van der Waals surface area contributed by atoms with E-state index in [4.69, 9.17) is 15.8 Å². The van der Waals surface area contributed by atoms with Gasteiger partial charge in [-0.15, -0.1) is 4.99 Å². The molecule has 0 spiro atoms. The summed E-state index contributed by atoms with van der Waals surface area (Å²) in [6.45, 7) is 3.19. The molecule has 33 heavy (non-hydrogen) atoms. The second-order valence-corrected chi connectivity index (χ2v) is 10.6. The Morgan fingerprint density at radius 1 is 1.15 bits per heavy atom. The zero-order valence-corrected chi connectivity index (χ0v) is 20.5. The topological polar surface area (TPSA) is 125 Å². The van der Waals surface area contributed by atoms with Gasteiger partial charge in [-0.2, -0.15) is 5.26 Å². The molecule has 1 saturated carbocycles. The van der Waals surface area contributed by atoms with Crippen LogP contribution in [0.3, 0.4) is 0 Å². The lowest BCUT2D eigenvalue weighted by atomic mass is 9.90. The van der Waals surface area contributed by atoms with Gasteiger partial charge in [0.15, 0.2) is 0 Å². The number of aromatic nitrogens is 1. The monoisotopic (exact) mass is 478 g/mol. The Hall–Kier alpha value is -2.22. The first-order chi connectivity index (χ1) is 16.0. The van der Waals surface area contributed by atoms with Crippen molar-refractivity contribution in [1.82, 2.24) is 9.45 Å². The number of guanidine groups is 1. The fourth-order valence-corrected chi connectivity index (χ4v) is 4.94. The van der Waals surface area contributed by atoms with E-state index in [1.807, 2.05) is 12.1 Å². The number of aliphatic imine (C=N–C) groups is 1. The van der Waals surface area contributed by atoms with Gasteiger partial charge in [-0.05, 0) is 50.7 Å². The van der Waals surface area contributed by atoms with Gasteiger partial charge >= 0.3 is 0 Å². The van der Waals surface area contributed by atoms with Crippen molar-refractivity contribution in [2.24, 2.45) is 16.6 Å². The highest BCUT2D eigenvalue weighted by Gasteiger charge is 2.23. The minimum absolute atomic E-state index is 0.0498. The van der Waals surface area contributed by atoms with Crippen LogP contribution in [0.15, 0.2) is 29.5 Å². The van der Waals surface area contributed by atoms with Gasteiger partial charge in [0.1, 0.15) is 0 Å². The molecule has 0 saturated heterocycles. The van der Waals surface area contributed by atoms with Crippen molar-refractivity contribution in [2.45, 2.75) is 71.1 Å². The van der Waals surface area contributed by atoms with Gasteiger partial charge in [0, 0.05) is 31.2 Å². The van der Waals surface area contributed by atoms with Crippen molar-refractivity contribution in [3.8, 4) is 6.19 Å². The van der Waals surface area contributed by atoms with Gasteiger partial charge in [0.25, 0.3) is 0 Å². The highest BCUT2D eigenvalue weighted by Crippen LogP contribution is 2.24. The Morgan fingerprint density at radius 2 is 1.79 bits per heavy atom. The Balaban J connectivity index is 1.73. The van der Waals surface area contributed by atoms with E-state index in [1.54, 1.807) is 30.4 Å². The number of hydrogen-bond donors (Lipinski definition) is 1. The van der Waals surface area contributed by atoms with Crippen LogP contribution in [0, 0.1) is 17.4 Å². The molecule has 0 bridgehead atoms. The highest BCUT2D eigenvalue weighted by atomic mass is 32.2. The van der Waals surface area contributed by atoms with Crippen LogP contribution in [-0.2, 0) is 14.9 Å². The number of anilines is 1. The molecule has 1 aromatic heterocycles. The smallest absolute Gasteiger partial charge is 0.235 e. The number of hydroxylamine groups is 1. The predicted molar refractivity (Wildman–Crippen MR) is 131 cm³/mol. The van der Waals surface area contributed by atoms with Crippen molar-refractivity contribution in [3.05, 3.63) is 24.5 Å². The van der Waals surface area contributed by atoms with Crippen molar-refractivity contribution < 1.29 is 13.3 Å². The summed E-state index contributed by atoms with van der Waals surface area (Å²) in [7, 11) is -3.37. The van der Waals surface area contributed by atoms with Gasteiger partial charge in [-0.1, -0.05) is 43.0 Å². The van der Waals surface area contributed by atoms with Crippen molar-refractivity contribution in [1.29, 1.82) is 5.26 Å². The number of hydrogen-bond acceptors (Lipinski definition) is 6. The molecule has 9 nitrogen and oxygen atoms in total. The second-order valence-electron chi connectivity index (χ2n) is 8.42. The van der Waals surface area contributed by atoms with E-state index in [2.05, 4.69) is 9.98 Å². The number of rotatable bonds is 14. The van der Waals surface area contributed by atoms with Crippen LogP contribution >= 0.6 is 0 Å². The number of pyridine rings is 1. The molecule has 1 aliphatic carbocycles. The highest BCUT2D eigenvalue weighted by molar-refractivity contribution is 7.88. The van der Waals surface area contributed by atoms with Crippen molar-refractivity contribution >= 4 is 21.7 Å².